The van der Waals surface area contributed by atoms with Gasteiger partial charge in [0.15, 0.2) is 18.5 Å². The molecule has 1 aliphatic heterocycles. The maximum Gasteiger partial charge on any atom is 0.312 e. The van der Waals surface area contributed by atoms with E-state index in [2.05, 4.69) is 15.9 Å². The summed E-state index contributed by atoms with van der Waals surface area (Å²) in [5, 5.41) is 0. The maximum absolute atomic E-state index is 14.7. The van der Waals surface area contributed by atoms with Crippen LogP contribution in [-0.2, 0) is 38.1 Å². The van der Waals surface area contributed by atoms with E-state index in [0.29, 0.717) is 0 Å². The zero-order chi connectivity index (χ0) is 26.9. The van der Waals surface area contributed by atoms with E-state index in [0.717, 1.165) is 7.11 Å². The average molecular weight is 559 g/mol. The molecule has 1 fully saturated rings. The number of hydrogen-bond acceptors (Lipinski definition) is 8. The molecule has 0 spiro atoms. The van der Waals surface area contributed by atoms with Crippen molar-refractivity contribution in [1.82, 2.24) is 0 Å². The number of carbonyl (C=O) groups is 3. The number of esters is 3. The number of carbonyl (C=O) groups excluding carboxylic acids is 3. The van der Waals surface area contributed by atoms with Crippen molar-refractivity contribution in [2.75, 3.05) is 13.7 Å². The molecule has 0 saturated carbocycles. The van der Waals surface area contributed by atoms with Gasteiger partial charge in [0.25, 0.3) is 0 Å². The van der Waals surface area contributed by atoms with Gasteiger partial charge in [-0.15, -0.1) is 0 Å². The van der Waals surface area contributed by atoms with Crippen LogP contribution in [0, 0.1) is 22.2 Å². The third kappa shape index (κ3) is 8.12. The number of alkyl halides is 3. The number of ether oxygens (including phenoxy) is 5. The molecule has 11 heteroatoms. The Kier molecular flexibility index (Phi) is 9.70. The summed E-state index contributed by atoms with van der Waals surface area (Å²) in [7, 11) is 1.15. The summed E-state index contributed by atoms with van der Waals surface area (Å²) in [6.07, 6.45) is -6.00. The van der Waals surface area contributed by atoms with Gasteiger partial charge in [0, 0.05) is 7.11 Å². The van der Waals surface area contributed by atoms with E-state index in [4.69, 9.17) is 23.7 Å². The normalized spacial score (nSPS) is 26.6. The summed E-state index contributed by atoms with van der Waals surface area (Å²) in [5.74, 6) is -3.99. The Morgan fingerprint density at radius 2 is 1.21 bits per heavy atom. The molecule has 1 aliphatic rings. The van der Waals surface area contributed by atoms with Crippen LogP contribution in [0.25, 0.3) is 0 Å². The van der Waals surface area contributed by atoms with Gasteiger partial charge in [-0.1, -0.05) is 0 Å². The van der Waals surface area contributed by atoms with Crippen LogP contribution < -0.4 is 0 Å². The summed E-state index contributed by atoms with van der Waals surface area (Å²) in [6.45, 7) is 13.9. The zero-order valence-corrected chi connectivity index (χ0v) is 23.1. The molecule has 0 bridgehead atoms. The summed E-state index contributed by atoms with van der Waals surface area (Å²) in [4.78, 5) is 34.2. The first kappa shape index (κ1) is 30.7. The van der Waals surface area contributed by atoms with Crippen LogP contribution in [0.3, 0.4) is 0 Å². The zero-order valence-electron chi connectivity index (χ0n) is 21.5. The van der Waals surface area contributed by atoms with Gasteiger partial charge in [0.1, 0.15) is 18.6 Å². The molecule has 0 amide bonds. The molecular formula is C23H37BrF2O8. The highest BCUT2D eigenvalue weighted by atomic mass is 79.9. The van der Waals surface area contributed by atoms with Crippen molar-refractivity contribution in [2.24, 2.45) is 22.2 Å². The Hall–Kier alpha value is -1.33. The van der Waals surface area contributed by atoms with Crippen molar-refractivity contribution >= 4 is 33.8 Å². The lowest BCUT2D eigenvalue weighted by atomic mass is 9.89. The molecule has 0 N–H and O–H groups in total. The Morgan fingerprint density at radius 1 is 0.794 bits per heavy atom. The predicted molar refractivity (Wildman–Crippen MR) is 122 cm³/mol. The quantitative estimate of drug-likeness (QED) is 0.267. The van der Waals surface area contributed by atoms with E-state index in [1.807, 2.05) is 0 Å². The molecular weight excluding hydrogens is 522 g/mol. The highest BCUT2D eigenvalue weighted by Gasteiger charge is 2.60. The molecule has 1 rings (SSSR count). The monoisotopic (exact) mass is 558 g/mol. The molecule has 0 unspecified atom stereocenters. The van der Waals surface area contributed by atoms with Gasteiger partial charge >= 0.3 is 22.7 Å². The van der Waals surface area contributed by atoms with Crippen LogP contribution in [0.5, 0.6) is 0 Å². The second-order valence-corrected chi connectivity index (χ2v) is 12.5. The average Bonchev–Trinajstić information content (AvgIpc) is 2.63. The van der Waals surface area contributed by atoms with Gasteiger partial charge in [0.05, 0.1) is 16.2 Å². The lowest BCUT2D eigenvalue weighted by molar-refractivity contribution is -0.308. The molecule has 0 radical (unpaired) electrons. The molecule has 34 heavy (non-hydrogen) atoms. The Morgan fingerprint density at radius 3 is 1.56 bits per heavy atom. The molecule has 5 atom stereocenters. The summed E-state index contributed by atoms with van der Waals surface area (Å²) in [5.41, 5.74) is -2.90. The SMILES string of the molecule is CO[C@@H]1O[C@H](COC(=O)C(C)(C)C)[C@H](OC(=O)C(C)(C)C)[C@H](OC(=O)C(C)(C)C)[C@H]1C(F)(F)Br. The minimum atomic E-state index is -3.63. The largest absolute Gasteiger partial charge is 0.462 e. The Bertz CT molecular complexity index is 746. The van der Waals surface area contributed by atoms with Crippen LogP contribution in [-0.4, -0.2) is 61.1 Å². The summed E-state index contributed by atoms with van der Waals surface area (Å²) in [6, 6.07) is 0. The van der Waals surface area contributed by atoms with Crippen molar-refractivity contribution in [2.45, 2.75) is 91.7 Å². The molecule has 8 nitrogen and oxygen atoms in total. The van der Waals surface area contributed by atoms with Gasteiger partial charge in [-0.05, 0) is 78.2 Å². The number of hydrogen-bond donors (Lipinski definition) is 0. The Labute approximate surface area is 208 Å². The smallest absolute Gasteiger partial charge is 0.312 e. The van der Waals surface area contributed by atoms with Crippen LogP contribution in [0.4, 0.5) is 8.78 Å². The van der Waals surface area contributed by atoms with Gasteiger partial charge in [-0.2, -0.15) is 8.78 Å². The highest BCUT2D eigenvalue weighted by Crippen LogP contribution is 2.44. The first-order valence-electron chi connectivity index (χ1n) is 10.9. The molecule has 0 aromatic heterocycles. The third-order valence-electron chi connectivity index (χ3n) is 4.96. The van der Waals surface area contributed by atoms with Crippen LogP contribution in [0.1, 0.15) is 62.3 Å². The molecule has 0 aromatic carbocycles. The fraction of sp³-hybridized carbons (Fsp3) is 0.870. The van der Waals surface area contributed by atoms with Crippen LogP contribution >= 0.6 is 15.9 Å². The molecule has 1 saturated heterocycles. The van der Waals surface area contributed by atoms with Gasteiger partial charge in [-0.3, -0.25) is 14.4 Å². The highest BCUT2D eigenvalue weighted by molar-refractivity contribution is 9.10. The fourth-order valence-electron chi connectivity index (χ4n) is 2.84. The minimum absolute atomic E-state index is 0.442. The predicted octanol–water partition coefficient (Wildman–Crippen LogP) is 4.47. The molecule has 0 aromatic rings. The molecule has 0 aliphatic carbocycles. The second kappa shape index (κ2) is 10.7. The van der Waals surface area contributed by atoms with Gasteiger partial charge < -0.3 is 23.7 Å². The van der Waals surface area contributed by atoms with Crippen molar-refractivity contribution in [3.63, 3.8) is 0 Å². The lowest BCUT2D eigenvalue weighted by Gasteiger charge is -2.46. The first-order valence-corrected chi connectivity index (χ1v) is 11.7. The lowest BCUT2D eigenvalue weighted by Crippen LogP contribution is -2.63. The van der Waals surface area contributed by atoms with E-state index >= 15 is 0 Å². The van der Waals surface area contributed by atoms with Crippen molar-refractivity contribution in [3.05, 3.63) is 0 Å². The standard InChI is InChI=1S/C23H37BrF2O8/c1-20(2,3)17(27)31-11-12-14(33-18(28)21(4,5)6)15(34-19(29)22(7,8)9)13(23(24,25)26)16(30-10)32-12/h12-16H,11H2,1-10H3/t12-,13-,14+,15-,16-/m1/s1. The van der Waals surface area contributed by atoms with Crippen molar-refractivity contribution < 1.29 is 46.8 Å². The topological polar surface area (TPSA) is 97.4 Å². The van der Waals surface area contributed by atoms with E-state index < -0.39 is 76.1 Å². The van der Waals surface area contributed by atoms with E-state index in [9.17, 15) is 23.2 Å². The maximum atomic E-state index is 14.7. The summed E-state index contributed by atoms with van der Waals surface area (Å²) < 4.78 is 56.7. The van der Waals surface area contributed by atoms with E-state index in [-0.39, 0.29) is 0 Å². The number of rotatable bonds is 6. The Balaban J connectivity index is 3.52. The van der Waals surface area contributed by atoms with Crippen LogP contribution in [0.2, 0.25) is 0 Å². The van der Waals surface area contributed by atoms with Crippen molar-refractivity contribution in [1.29, 1.82) is 0 Å². The number of halogens is 3. The van der Waals surface area contributed by atoms with Gasteiger partial charge in [0.2, 0.25) is 0 Å². The fourth-order valence-corrected chi connectivity index (χ4v) is 3.32. The molecule has 198 valence electrons. The van der Waals surface area contributed by atoms with Crippen molar-refractivity contribution in [3.8, 4) is 0 Å². The van der Waals surface area contributed by atoms with E-state index in [1.165, 1.54) is 0 Å². The van der Waals surface area contributed by atoms with Crippen LogP contribution in [0.15, 0.2) is 0 Å². The number of methoxy groups -OCH3 is 1. The minimum Gasteiger partial charge on any atom is -0.462 e. The van der Waals surface area contributed by atoms with Gasteiger partial charge in [-0.25, -0.2) is 0 Å². The molecule has 1 heterocycles. The first-order chi connectivity index (χ1) is 15.1. The van der Waals surface area contributed by atoms with E-state index in [1.54, 1.807) is 62.3 Å². The third-order valence-corrected chi connectivity index (χ3v) is 5.49. The summed E-state index contributed by atoms with van der Waals surface area (Å²) >= 11 is 2.33. The second-order valence-electron chi connectivity index (χ2n) is 11.4.